The monoisotopic (exact) mass is 377 g/mol. The number of carbonyl (C=O) groups excluding carboxylic acids is 1. The molecule has 0 rings (SSSR count). The second kappa shape index (κ2) is 21.3. The molecule has 0 fully saturated rings. The van der Waals surface area contributed by atoms with Gasteiger partial charge in [-0.15, -0.1) is 11.6 Å². The fraction of sp³-hybridized carbons (Fsp3) is 0.900. The topological polar surface area (TPSA) is 66.4 Å². The Bertz CT molecular complexity index is 307. The van der Waals surface area contributed by atoms with Crippen molar-refractivity contribution in [1.82, 2.24) is 5.32 Å². The molecule has 0 aliphatic heterocycles. The first kappa shape index (κ1) is 26.5. The summed E-state index contributed by atoms with van der Waals surface area (Å²) in [5.74, 6) is -0.313. The van der Waals surface area contributed by atoms with Crippen LogP contribution in [0.2, 0.25) is 0 Å². The Morgan fingerprint density at radius 3 is 1.68 bits per heavy atom. The van der Waals surface area contributed by atoms with E-state index in [0.717, 1.165) is 18.7 Å². The number of carboxylic acid groups (broad SMARTS) is 1. The molecule has 2 N–H and O–H groups in total. The number of unbranched alkanes of at least 4 members (excludes halogenated alkanes) is 10. The molecule has 0 radical (unpaired) electrons. The van der Waals surface area contributed by atoms with Gasteiger partial charge in [-0.25, -0.2) is 0 Å². The van der Waals surface area contributed by atoms with Crippen LogP contribution in [-0.4, -0.2) is 28.9 Å². The van der Waals surface area contributed by atoms with Crippen molar-refractivity contribution in [3.63, 3.8) is 0 Å². The summed E-state index contributed by atoms with van der Waals surface area (Å²) < 4.78 is 0. The molecule has 5 heteroatoms. The summed E-state index contributed by atoms with van der Waals surface area (Å²) in [6.45, 7) is 5.87. The minimum atomic E-state index is -0.986. The van der Waals surface area contributed by atoms with Crippen molar-refractivity contribution in [2.75, 3.05) is 5.88 Å². The van der Waals surface area contributed by atoms with Crippen LogP contribution in [0.25, 0.3) is 0 Å². The van der Waals surface area contributed by atoms with Gasteiger partial charge in [0.15, 0.2) is 0 Å². The molecule has 0 aliphatic rings. The minimum Gasteiger partial charge on any atom is -0.480 e. The molecule has 0 spiro atoms. The second-order valence-electron chi connectivity index (χ2n) is 6.60. The van der Waals surface area contributed by atoms with Crippen LogP contribution in [-0.2, 0) is 9.59 Å². The van der Waals surface area contributed by atoms with Crippen molar-refractivity contribution in [3.8, 4) is 0 Å². The highest BCUT2D eigenvalue weighted by Gasteiger charge is 2.12. The lowest BCUT2D eigenvalue weighted by atomic mass is 10.1. The first-order chi connectivity index (χ1) is 12.0. The maximum atomic E-state index is 11.4. The van der Waals surface area contributed by atoms with Crippen LogP contribution in [0.3, 0.4) is 0 Å². The zero-order valence-corrected chi connectivity index (χ0v) is 17.4. The van der Waals surface area contributed by atoms with E-state index in [1.807, 2.05) is 0 Å². The van der Waals surface area contributed by atoms with E-state index in [4.69, 9.17) is 16.7 Å². The SMILES string of the molecule is CCCCCCCCCCCC(=O)NC(C)C(=O)O.CCCCCCl. The average Bonchev–Trinajstić information content (AvgIpc) is 2.58. The fourth-order valence-electron chi connectivity index (χ4n) is 2.32. The number of rotatable bonds is 15. The Hall–Kier alpha value is -0.770. The zero-order valence-electron chi connectivity index (χ0n) is 16.6. The van der Waals surface area contributed by atoms with Gasteiger partial charge in [0.2, 0.25) is 5.91 Å². The predicted molar refractivity (Wildman–Crippen MR) is 107 cm³/mol. The number of amides is 1. The number of aliphatic carboxylic acids is 1. The summed E-state index contributed by atoms with van der Waals surface area (Å²) in [5, 5.41) is 11.1. The largest absolute Gasteiger partial charge is 0.480 e. The molecule has 0 aliphatic carbocycles. The van der Waals surface area contributed by atoms with Gasteiger partial charge in [-0.3, -0.25) is 9.59 Å². The van der Waals surface area contributed by atoms with Gasteiger partial charge in [0.1, 0.15) is 6.04 Å². The number of hydrogen-bond donors (Lipinski definition) is 2. The number of halogens is 1. The highest BCUT2D eigenvalue weighted by molar-refractivity contribution is 6.17. The Morgan fingerprint density at radius 2 is 1.28 bits per heavy atom. The van der Waals surface area contributed by atoms with E-state index in [0.29, 0.717) is 6.42 Å². The van der Waals surface area contributed by atoms with E-state index in [2.05, 4.69) is 19.2 Å². The molecule has 25 heavy (non-hydrogen) atoms. The van der Waals surface area contributed by atoms with Crippen LogP contribution < -0.4 is 5.32 Å². The summed E-state index contributed by atoms with van der Waals surface area (Å²) in [6.07, 6.45) is 15.1. The van der Waals surface area contributed by atoms with Crippen LogP contribution in [0.1, 0.15) is 104 Å². The summed E-state index contributed by atoms with van der Waals surface area (Å²) >= 11 is 5.38. The molecule has 0 aromatic carbocycles. The lowest BCUT2D eigenvalue weighted by molar-refractivity contribution is -0.141. The molecule has 1 amide bonds. The lowest BCUT2D eigenvalue weighted by Gasteiger charge is -2.08. The molecule has 1 unspecified atom stereocenters. The third-order valence-corrected chi connectivity index (χ3v) is 4.26. The zero-order chi connectivity index (χ0) is 19.3. The fourth-order valence-corrected chi connectivity index (χ4v) is 2.51. The number of carboxylic acids is 1. The Morgan fingerprint density at radius 1 is 0.840 bits per heavy atom. The van der Waals surface area contributed by atoms with E-state index < -0.39 is 12.0 Å². The second-order valence-corrected chi connectivity index (χ2v) is 6.98. The molecule has 0 aromatic rings. The molecule has 1 atom stereocenters. The van der Waals surface area contributed by atoms with Gasteiger partial charge in [-0.2, -0.15) is 0 Å². The van der Waals surface area contributed by atoms with Gasteiger partial charge in [0.25, 0.3) is 0 Å². The Labute approximate surface area is 160 Å². The highest BCUT2D eigenvalue weighted by atomic mass is 35.5. The number of alkyl halides is 1. The number of carbonyl (C=O) groups is 2. The number of hydrogen-bond acceptors (Lipinski definition) is 2. The summed E-state index contributed by atoms with van der Waals surface area (Å²) in [4.78, 5) is 21.9. The Kier molecular flexibility index (Phi) is 22.5. The number of nitrogens with one attached hydrogen (secondary N) is 1. The first-order valence-electron chi connectivity index (χ1n) is 10.1. The molecule has 4 nitrogen and oxygen atoms in total. The van der Waals surface area contributed by atoms with Gasteiger partial charge < -0.3 is 10.4 Å². The van der Waals surface area contributed by atoms with Crippen molar-refractivity contribution in [3.05, 3.63) is 0 Å². The van der Waals surface area contributed by atoms with Gasteiger partial charge in [-0.05, 0) is 19.8 Å². The maximum absolute atomic E-state index is 11.4. The molecule has 0 saturated carbocycles. The normalized spacial score (nSPS) is 11.4. The standard InChI is InChI=1S/C15H29NO3.C5H11Cl/c1-3-4-5-6-7-8-9-10-11-12-14(17)16-13(2)15(18)19;1-2-3-4-5-6/h13H,3-12H2,1-2H3,(H,16,17)(H,18,19);2-5H2,1H3. The van der Waals surface area contributed by atoms with E-state index >= 15 is 0 Å². The van der Waals surface area contributed by atoms with Crippen molar-refractivity contribution in [1.29, 1.82) is 0 Å². The van der Waals surface area contributed by atoms with Crippen LogP contribution >= 0.6 is 11.6 Å². The van der Waals surface area contributed by atoms with Crippen molar-refractivity contribution < 1.29 is 14.7 Å². The van der Waals surface area contributed by atoms with Gasteiger partial charge in [0, 0.05) is 12.3 Å². The molecule has 0 bridgehead atoms. The van der Waals surface area contributed by atoms with Gasteiger partial charge in [0.05, 0.1) is 0 Å². The van der Waals surface area contributed by atoms with Crippen molar-refractivity contribution >= 4 is 23.5 Å². The quantitative estimate of drug-likeness (QED) is 0.275. The maximum Gasteiger partial charge on any atom is 0.325 e. The summed E-state index contributed by atoms with van der Waals surface area (Å²) in [5.41, 5.74) is 0. The van der Waals surface area contributed by atoms with Crippen molar-refractivity contribution in [2.24, 2.45) is 0 Å². The molecule has 150 valence electrons. The average molecular weight is 378 g/mol. The molecule has 0 aromatic heterocycles. The molecular weight excluding hydrogens is 338 g/mol. The third-order valence-electron chi connectivity index (χ3n) is 3.99. The predicted octanol–water partition coefficient (Wildman–Crippen LogP) is 5.91. The minimum absolute atomic E-state index is 0.155. The van der Waals surface area contributed by atoms with Crippen LogP contribution in [0.5, 0.6) is 0 Å². The van der Waals surface area contributed by atoms with Crippen molar-refractivity contribution in [2.45, 2.75) is 110 Å². The molecule has 0 saturated heterocycles. The first-order valence-corrected chi connectivity index (χ1v) is 10.6. The summed E-state index contributed by atoms with van der Waals surface area (Å²) in [6, 6.07) is -0.786. The van der Waals surface area contributed by atoms with Crippen LogP contribution in [0.4, 0.5) is 0 Å². The Balaban J connectivity index is 0. The van der Waals surface area contributed by atoms with E-state index in [1.165, 1.54) is 71.1 Å². The van der Waals surface area contributed by atoms with E-state index in [-0.39, 0.29) is 5.91 Å². The molecule has 0 heterocycles. The van der Waals surface area contributed by atoms with Crippen LogP contribution in [0, 0.1) is 0 Å². The lowest BCUT2D eigenvalue weighted by Crippen LogP contribution is -2.38. The molecular formula is C20H40ClNO3. The van der Waals surface area contributed by atoms with Crippen LogP contribution in [0.15, 0.2) is 0 Å². The van der Waals surface area contributed by atoms with Gasteiger partial charge >= 0.3 is 5.97 Å². The van der Waals surface area contributed by atoms with E-state index in [9.17, 15) is 9.59 Å². The third kappa shape index (κ3) is 23.2. The van der Waals surface area contributed by atoms with E-state index in [1.54, 1.807) is 0 Å². The smallest absolute Gasteiger partial charge is 0.325 e. The van der Waals surface area contributed by atoms with Gasteiger partial charge in [-0.1, -0.05) is 78.1 Å². The highest BCUT2D eigenvalue weighted by Crippen LogP contribution is 2.10. The summed E-state index contributed by atoms with van der Waals surface area (Å²) in [7, 11) is 0.